The van der Waals surface area contributed by atoms with Gasteiger partial charge in [0.25, 0.3) is 11.8 Å². The Hall–Kier alpha value is -2.86. The number of rotatable bonds is 5. The van der Waals surface area contributed by atoms with Gasteiger partial charge in [0.2, 0.25) is 0 Å². The number of carbonyl (C=O) groups is 2. The first-order valence-electron chi connectivity index (χ1n) is 10.2. The zero-order valence-electron chi connectivity index (χ0n) is 16.9. The summed E-state index contributed by atoms with van der Waals surface area (Å²) >= 11 is 0. The molecule has 6 heteroatoms. The van der Waals surface area contributed by atoms with Gasteiger partial charge in [0.1, 0.15) is 6.17 Å². The highest BCUT2D eigenvalue weighted by Gasteiger charge is 2.36. The van der Waals surface area contributed by atoms with Gasteiger partial charge in [0, 0.05) is 42.0 Å². The minimum Gasteiger partial charge on any atom is -0.378 e. The zero-order valence-corrected chi connectivity index (χ0v) is 16.9. The summed E-state index contributed by atoms with van der Waals surface area (Å²) in [5.41, 5.74) is 3.29. The van der Waals surface area contributed by atoms with Crippen LogP contribution in [-0.2, 0) is 4.74 Å². The molecule has 2 aromatic rings. The second-order valence-corrected chi connectivity index (χ2v) is 7.97. The first-order valence-corrected chi connectivity index (χ1v) is 10.2. The highest BCUT2D eigenvalue weighted by Crippen LogP contribution is 2.34. The number of morpholine rings is 1. The lowest BCUT2D eigenvalue weighted by molar-refractivity contribution is 0.0303. The van der Waals surface area contributed by atoms with Crippen molar-refractivity contribution in [3.8, 4) is 0 Å². The first kappa shape index (κ1) is 19.5. The number of amides is 2. The second kappa shape index (κ2) is 8.25. The summed E-state index contributed by atoms with van der Waals surface area (Å²) in [7, 11) is 0. The molecule has 2 amide bonds. The van der Waals surface area contributed by atoms with Gasteiger partial charge in [-0.2, -0.15) is 0 Å². The number of hydrogen-bond donors (Lipinski definition) is 1. The predicted octanol–water partition coefficient (Wildman–Crippen LogP) is 3.38. The Morgan fingerprint density at radius 2 is 1.79 bits per heavy atom. The Morgan fingerprint density at radius 3 is 2.48 bits per heavy atom. The van der Waals surface area contributed by atoms with Crippen LogP contribution in [0.2, 0.25) is 0 Å². The number of benzene rings is 2. The summed E-state index contributed by atoms with van der Waals surface area (Å²) in [4.78, 5) is 29.2. The normalized spacial score (nSPS) is 18.9. The van der Waals surface area contributed by atoms with Crippen molar-refractivity contribution in [1.82, 2.24) is 9.80 Å². The van der Waals surface area contributed by atoms with Crippen LogP contribution in [0.4, 0.5) is 5.69 Å². The topological polar surface area (TPSA) is 61.9 Å². The van der Waals surface area contributed by atoms with E-state index in [0.29, 0.717) is 44.3 Å². The summed E-state index contributed by atoms with van der Waals surface area (Å²) in [5, 5.41) is 3.49. The highest BCUT2D eigenvalue weighted by atomic mass is 16.5. The lowest BCUT2D eigenvalue weighted by atomic mass is 10.1. The minimum absolute atomic E-state index is 0.0303. The number of hydrogen-bond acceptors (Lipinski definition) is 4. The van der Waals surface area contributed by atoms with Gasteiger partial charge in [-0.1, -0.05) is 32.0 Å². The van der Waals surface area contributed by atoms with E-state index in [9.17, 15) is 9.59 Å². The molecule has 1 N–H and O–H groups in total. The molecule has 2 aromatic carbocycles. The van der Waals surface area contributed by atoms with E-state index in [1.54, 1.807) is 0 Å². The maximum absolute atomic E-state index is 12.9. The van der Waals surface area contributed by atoms with Crippen molar-refractivity contribution in [3.63, 3.8) is 0 Å². The molecule has 1 saturated heterocycles. The van der Waals surface area contributed by atoms with E-state index in [0.717, 1.165) is 16.8 Å². The smallest absolute Gasteiger partial charge is 0.256 e. The van der Waals surface area contributed by atoms with E-state index >= 15 is 0 Å². The van der Waals surface area contributed by atoms with Crippen LogP contribution < -0.4 is 5.32 Å². The van der Waals surface area contributed by atoms with Crippen LogP contribution in [0, 0.1) is 5.92 Å². The fraction of sp³-hybridized carbons (Fsp3) is 0.391. The number of carbonyl (C=O) groups excluding carboxylic acids is 2. The molecule has 4 rings (SSSR count). The Labute approximate surface area is 171 Å². The standard InChI is InChI=1S/C23H27N3O3/c1-16(2)15-26-21(19-5-3-4-6-20(19)23(26)28)24-18-9-7-17(8-10-18)22(27)25-11-13-29-14-12-25/h3-10,16,21,24H,11-15H2,1-2H3/t21-/m1/s1. The Morgan fingerprint density at radius 1 is 1.10 bits per heavy atom. The molecule has 2 aliphatic heterocycles. The zero-order chi connectivity index (χ0) is 20.4. The maximum Gasteiger partial charge on any atom is 0.256 e. The number of fused-ring (bicyclic) bond motifs is 1. The van der Waals surface area contributed by atoms with Crippen LogP contribution in [-0.4, -0.2) is 54.5 Å². The van der Waals surface area contributed by atoms with Gasteiger partial charge in [0.15, 0.2) is 0 Å². The molecule has 0 unspecified atom stereocenters. The SMILES string of the molecule is CC(C)CN1C(=O)c2ccccc2[C@@H]1Nc1ccc(C(=O)N2CCOCC2)cc1. The molecule has 1 fully saturated rings. The predicted molar refractivity (Wildman–Crippen MR) is 112 cm³/mol. The van der Waals surface area contributed by atoms with Crippen LogP contribution in [0.1, 0.15) is 46.3 Å². The van der Waals surface area contributed by atoms with E-state index in [-0.39, 0.29) is 18.0 Å². The van der Waals surface area contributed by atoms with Crippen molar-refractivity contribution in [2.75, 3.05) is 38.2 Å². The van der Waals surface area contributed by atoms with Crippen molar-refractivity contribution in [2.24, 2.45) is 5.92 Å². The summed E-state index contributed by atoms with van der Waals surface area (Å²) in [5.74, 6) is 0.458. The molecule has 0 spiro atoms. The molecular weight excluding hydrogens is 366 g/mol. The van der Waals surface area contributed by atoms with E-state index in [1.165, 1.54) is 0 Å². The molecule has 1 atom stereocenters. The average Bonchev–Trinajstić information content (AvgIpc) is 3.00. The number of anilines is 1. The van der Waals surface area contributed by atoms with Gasteiger partial charge < -0.3 is 19.9 Å². The summed E-state index contributed by atoms with van der Waals surface area (Å²) in [6, 6.07) is 15.3. The summed E-state index contributed by atoms with van der Waals surface area (Å²) in [6.45, 7) is 7.34. The molecule has 0 bridgehead atoms. The maximum atomic E-state index is 12.9. The molecule has 0 aliphatic carbocycles. The van der Waals surface area contributed by atoms with Gasteiger partial charge in [-0.15, -0.1) is 0 Å². The molecule has 2 heterocycles. The molecule has 0 aromatic heterocycles. The van der Waals surface area contributed by atoms with Crippen molar-refractivity contribution in [2.45, 2.75) is 20.0 Å². The number of nitrogens with one attached hydrogen (secondary N) is 1. The van der Waals surface area contributed by atoms with Gasteiger partial charge in [-0.25, -0.2) is 0 Å². The minimum atomic E-state index is -0.207. The summed E-state index contributed by atoms with van der Waals surface area (Å²) < 4.78 is 5.32. The van der Waals surface area contributed by atoms with Crippen molar-refractivity contribution in [3.05, 3.63) is 65.2 Å². The van der Waals surface area contributed by atoms with Crippen LogP contribution >= 0.6 is 0 Å². The van der Waals surface area contributed by atoms with Crippen molar-refractivity contribution < 1.29 is 14.3 Å². The fourth-order valence-electron chi connectivity index (χ4n) is 3.92. The monoisotopic (exact) mass is 393 g/mol. The van der Waals surface area contributed by atoms with E-state index in [4.69, 9.17) is 4.74 Å². The van der Waals surface area contributed by atoms with Crippen molar-refractivity contribution >= 4 is 17.5 Å². The third-order valence-electron chi connectivity index (χ3n) is 5.35. The average molecular weight is 393 g/mol. The number of nitrogens with zero attached hydrogens (tertiary/aromatic N) is 2. The van der Waals surface area contributed by atoms with Crippen LogP contribution in [0.5, 0.6) is 0 Å². The first-order chi connectivity index (χ1) is 14.0. The van der Waals surface area contributed by atoms with Crippen molar-refractivity contribution in [1.29, 1.82) is 0 Å². The third-order valence-corrected chi connectivity index (χ3v) is 5.35. The van der Waals surface area contributed by atoms with E-state index in [1.807, 2.05) is 58.3 Å². The summed E-state index contributed by atoms with van der Waals surface area (Å²) in [6.07, 6.45) is -0.207. The van der Waals surface area contributed by atoms with Crippen LogP contribution in [0.3, 0.4) is 0 Å². The molecule has 152 valence electrons. The molecule has 0 radical (unpaired) electrons. The third kappa shape index (κ3) is 3.98. The quantitative estimate of drug-likeness (QED) is 0.846. The van der Waals surface area contributed by atoms with Crippen LogP contribution in [0.15, 0.2) is 48.5 Å². The van der Waals surface area contributed by atoms with E-state index in [2.05, 4.69) is 19.2 Å². The fourth-order valence-corrected chi connectivity index (χ4v) is 3.92. The molecule has 2 aliphatic rings. The van der Waals surface area contributed by atoms with E-state index < -0.39 is 0 Å². The second-order valence-electron chi connectivity index (χ2n) is 7.97. The molecular formula is C23H27N3O3. The lowest BCUT2D eigenvalue weighted by Gasteiger charge is -2.29. The molecule has 6 nitrogen and oxygen atoms in total. The molecule has 0 saturated carbocycles. The highest BCUT2D eigenvalue weighted by molar-refractivity contribution is 5.99. The van der Waals surface area contributed by atoms with Gasteiger partial charge >= 0.3 is 0 Å². The van der Waals surface area contributed by atoms with Crippen LogP contribution in [0.25, 0.3) is 0 Å². The Kier molecular flexibility index (Phi) is 5.53. The Bertz CT molecular complexity index is 888. The van der Waals surface area contributed by atoms with Gasteiger partial charge in [-0.3, -0.25) is 9.59 Å². The number of ether oxygens (including phenoxy) is 1. The Balaban J connectivity index is 1.52. The lowest BCUT2D eigenvalue weighted by Crippen LogP contribution is -2.40. The van der Waals surface area contributed by atoms with Gasteiger partial charge in [0.05, 0.1) is 13.2 Å². The van der Waals surface area contributed by atoms with Gasteiger partial charge in [-0.05, 0) is 36.2 Å². The molecule has 29 heavy (non-hydrogen) atoms. The largest absolute Gasteiger partial charge is 0.378 e.